The molecule has 2 aromatic carbocycles. The van der Waals surface area contributed by atoms with Gasteiger partial charge in [0.25, 0.3) is 0 Å². The fourth-order valence-corrected chi connectivity index (χ4v) is 3.09. The second-order valence-electron chi connectivity index (χ2n) is 5.87. The van der Waals surface area contributed by atoms with Crippen LogP contribution in [0.4, 0.5) is 4.39 Å². The maximum absolute atomic E-state index is 12.8. The molecule has 0 aliphatic heterocycles. The maximum atomic E-state index is 12.8. The third-order valence-electron chi connectivity index (χ3n) is 3.88. The number of hydrogen-bond donors (Lipinski definition) is 1. The minimum Gasteiger partial charge on any atom is -0.352 e. The summed E-state index contributed by atoms with van der Waals surface area (Å²) >= 11 is 1.64. The van der Waals surface area contributed by atoms with E-state index in [4.69, 9.17) is 0 Å². The molecule has 0 spiro atoms. The Morgan fingerprint density at radius 3 is 2.54 bits per heavy atom. The Morgan fingerprint density at radius 1 is 1.15 bits per heavy atom. The van der Waals surface area contributed by atoms with Crippen LogP contribution >= 0.6 is 11.3 Å². The van der Waals surface area contributed by atoms with Crippen LogP contribution in [0.3, 0.4) is 0 Å². The molecule has 0 fully saturated rings. The number of rotatable bonds is 6. The van der Waals surface area contributed by atoms with E-state index in [9.17, 15) is 9.18 Å². The number of carbonyl (C=O) groups is 1. The van der Waals surface area contributed by atoms with Crippen molar-refractivity contribution in [3.8, 4) is 11.3 Å². The van der Waals surface area contributed by atoms with Gasteiger partial charge in [-0.05, 0) is 42.7 Å². The Kier molecular flexibility index (Phi) is 5.92. The maximum Gasteiger partial charge on any atom is 0.244 e. The van der Waals surface area contributed by atoms with Gasteiger partial charge < -0.3 is 5.32 Å². The molecule has 1 aromatic heterocycles. The predicted molar refractivity (Wildman–Crippen MR) is 104 cm³/mol. The third-order valence-corrected chi connectivity index (χ3v) is 4.65. The molecule has 3 aromatic rings. The Balaban J connectivity index is 1.47. The highest BCUT2D eigenvalue weighted by Crippen LogP contribution is 2.21. The summed E-state index contributed by atoms with van der Waals surface area (Å²) in [6.45, 7) is 2.55. The standard InChI is InChI=1S/C21H19FN2OS/c1-15-24-20(14-26-15)18-7-2-17(3-8-18)12-13-23-21(25)11-6-16-4-9-19(22)10-5-16/h2-11,14H,12-13H2,1H3,(H,23,25)/b11-6+. The van der Waals surface area contributed by atoms with E-state index < -0.39 is 0 Å². The van der Waals surface area contributed by atoms with Gasteiger partial charge in [0, 0.05) is 23.6 Å². The van der Waals surface area contributed by atoms with Crippen molar-refractivity contribution in [1.82, 2.24) is 10.3 Å². The van der Waals surface area contributed by atoms with E-state index in [1.807, 2.05) is 6.92 Å². The highest BCUT2D eigenvalue weighted by molar-refractivity contribution is 7.09. The largest absolute Gasteiger partial charge is 0.352 e. The molecule has 0 unspecified atom stereocenters. The number of nitrogens with zero attached hydrogens (tertiary/aromatic N) is 1. The topological polar surface area (TPSA) is 42.0 Å². The molecule has 1 N–H and O–H groups in total. The number of carbonyl (C=O) groups excluding carboxylic acids is 1. The van der Waals surface area contributed by atoms with Crippen LogP contribution in [0.15, 0.2) is 60.0 Å². The number of aryl methyl sites for hydroxylation is 1. The van der Waals surface area contributed by atoms with Crippen molar-refractivity contribution >= 4 is 23.3 Å². The highest BCUT2D eigenvalue weighted by atomic mass is 32.1. The molecule has 0 aliphatic carbocycles. The van der Waals surface area contributed by atoms with Gasteiger partial charge in [-0.2, -0.15) is 0 Å². The Bertz CT molecular complexity index is 899. The van der Waals surface area contributed by atoms with Crippen molar-refractivity contribution in [2.75, 3.05) is 6.54 Å². The monoisotopic (exact) mass is 366 g/mol. The minimum atomic E-state index is -0.289. The molecule has 0 bridgehead atoms. The molecule has 0 saturated heterocycles. The van der Waals surface area contributed by atoms with E-state index in [0.717, 1.165) is 33.8 Å². The molecule has 26 heavy (non-hydrogen) atoms. The van der Waals surface area contributed by atoms with E-state index in [1.165, 1.54) is 18.2 Å². The fraction of sp³-hybridized carbons (Fsp3) is 0.143. The summed E-state index contributed by atoms with van der Waals surface area (Å²) in [5.74, 6) is -0.452. The van der Waals surface area contributed by atoms with Crippen molar-refractivity contribution < 1.29 is 9.18 Å². The lowest BCUT2D eigenvalue weighted by molar-refractivity contribution is -0.116. The SMILES string of the molecule is Cc1nc(-c2ccc(CCNC(=O)/C=C/c3ccc(F)cc3)cc2)cs1. The summed E-state index contributed by atoms with van der Waals surface area (Å²) < 4.78 is 12.8. The molecule has 0 saturated carbocycles. The molecule has 5 heteroatoms. The average Bonchev–Trinajstić information content (AvgIpc) is 3.08. The summed E-state index contributed by atoms with van der Waals surface area (Å²) in [6, 6.07) is 14.2. The lowest BCUT2D eigenvalue weighted by Crippen LogP contribution is -2.23. The first kappa shape index (κ1) is 18.0. The van der Waals surface area contributed by atoms with E-state index in [-0.39, 0.29) is 11.7 Å². The second-order valence-corrected chi connectivity index (χ2v) is 6.94. The minimum absolute atomic E-state index is 0.163. The van der Waals surface area contributed by atoms with E-state index in [2.05, 4.69) is 39.9 Å². The van der Waals surface area contributed by atoms with Crippen LogP contribution in [0.5, 0.6) is 0 Å². The number of hydrogen-bond acceptors (Lipinski definition) is 3. The molecule has 0 atom stereocenters. The van der Waals surface area contributed by atoms with Crippen LogP contribution in [-0.4, -0.2) is 17.4 Å². The smallest absolute Gasteiger partial charge is 0.244 e. The van der Waals surface area contributed by atoms with Gasteiger partial charge in [-0.3, -0.25) is 4.79 Å². The van der Waals surface area contributed by atoms with Crippen molar-refractivity contribution in [2.24, 2.45) is 0 Å². The Hall–Kier alpha value is -2.79. The van der Waals surface area contributed by atoms with Crippen LogP contribution in [0.1, 0.15) is 16.1 Å². The van der Waals surface area contributed by atoms with Gasteiger partial charge in [0.05, 0.1) is 10.7 Å². The molecule has 132 valence electrons. The fourth-order valence-electron chi connectivity index (χ4n) is 2.47. The first-order valence-corrected chi connectivity index (χ1v) is 9.21. The number of amides is 1. The molecule has 1 heterocycles. The molecule has 0 aliphatic rings. The predicted octanol–water partition coefficient (Wildman–Crippen LogP) is 4.63. The first-order valence-electron chi connectivity index (χ1n) is 8.33. The van der Waals surface area contributed by atoms with Crippen molar-refractivity contribution in [3.05, 3.63) is 81.9 Å². The third kappa shape index (κ3) is 5.10. The lowest BCUT2D eigenvalue weighted by atomic mass is 10.1. The number of aromatic nitrogens is 1. The van der Waals surface area contributed by atoms with Crippen LogP contribution < -0.4 is 5.32 Å². The summed E-state index contributed by atoms with van der Waals surface area (Å²) in [5.41, 5.74) is 4.04. The number of benzene rings is 2. The molecule has 3 rings (SSSR count). The second kappa shape index (κ2) is 8.54. The summed E-state index contributed by atoms with van der Waals surface area (Å²) in [6.07, 6.45) is 3.88. The molecule has 3 nitrogen and oxygen atoms in total. The summed E-state index contributed by atoms with van der Waals surface area (Å²) in [5, 5.41) is 5.96. The van der Waals surface area contributed by atoms with Gasteiger partial charge in [-0.1, -0.05) is 36.4 Å². The zero-order valence-corrected chi connectivity index (χ0v) is 15.2. The average molecular weight is 366 g/mol. The van der Waals surface area contributed by atoms with Crippen LogP contribution in [0.2, 0.25) is 0 Å². The van der Waals surface area contributed by atoms with E-state index in [0.29, 0.717) is 6.54 Å². The summed E-state index contributed by atoms with van der Waals surface area (Å²) in [7, 11) is 0. The van der Waals surface area contributed by atoms with Crippen LogP contribution in [0.25, 0.3) is 17.3 Å². The first-order chi connectivity index (χ1) is 12.6. The van der Waals surface area contributed by atoms with Crippen molar-refractivity contribution in [2.45, 2.75) is 13.3 Å². The number of nitrogens with one attached hydrogen (secondary N) is 1. The Labute approximate surface area is 156 Å². The van der Waals surface area contributed by atoms with Gasteiger partial charge in [-0.25, -0.2) is 9.37 Å². The van der Waals surface area contributed by atoms with Gasteiger partial charge >= 0.3 is 0 Å². The van der Waals surface area contributed by atoms with E-state index in [1.54, 1.807) is 29.5 Å². The zero-order valence-electron chi connectivity index (χ0n) is 14.4. The molecular formula is C21H19FN2OS. The van der Waals surface area contributed by atoms with Gasteiger partial charge in [0.1, 0.15) is 5.82 Å². The van der Waals surface area contributed by atoms with Crippen molar-refractivity contribution in [3.63, 3.8) is 0 Å². The van der Waals surface area contributed by atoms with E-state index >= 15 is 0 Å². The van der Waals surface area contributed by atoms with Gasteiger partial charge in [0.2, 0.25) is 5.91 Å². The van der Waals surface area contributed by atoms with Gasteiger partial charge in [-0.15, -0.1) is 11.3 Å². The van der Waals surface area contributed by atoms with Crippen LogP contribution in [0, 0.1) is 12.7 Å². The summed E-state index contributed by atoms with van der Waals surface area (Å²) in [4.78, 5) is 16.3. The lowest BCUT2D eigenvalue weighted by Gasteiger charge is -2.04. The molecule has 1 amide bonds. The number of halogens is 1. The normalized spacial score (nSPS) is 11.0. The number of thiazole rings is 1. The molecular weight excluding hydrogens is 347 g/mol. The van der Waals surface area contributed by atoms with Crippen molar-refractivity contribution in [1.29, 1.82) is 0 Å². The Morgan fingerprint density at radius 2 is 1.88 bits per heavy atom. The van der Waals surface area contributed by atoms with Gasteiger partial charge in [0.15, 0.2) is 0 Å². The van der Waals surface area contributed by atoms with Crippen LogP contribution in [-0.2, 0) is 11.2 Å². The highest BCUT2D eigenvalue weighted by Gasteiger charge is 2.02. The quantitative estimate of drug-likeness (QED) is 0.646. The molecule has 0 radical (unpaired) electrons. The zero-order chi connectivity index (χ0) is 18.4.